The normalized spacial score (nSPS) is 20.3. The molecule has 0 amide bonds. The third-order valence-corrected chi connectivity index (χ3v) is 4.41. The van der Waals surface area contributed by atoms with E-state index in [4.69, 9.17) is 4.74 Å². The zero-order chi connectivity index (χ0) is 15.3. The van der Waals surface area contributed by atoms with Crippen LogP contribution in [0.4, 0.5) is 0 Å². The number of hydrogen-bond acceptors (Lipinski definition) is 3. The molecule has 0 spiro atoms. The fraction of sp³-hybridized carbons (Fsp3) is 1.00. The molecule has 3 nitrogen and oxygen atoms in total. The SMILES string of the molecule is CCCCCCCCCCN1CCOCC1CNC(C)C. The summed E-state index contributed by atoms with van der Waals surface area (Å²) in [6.45, 7) is 12.0. The lowest BCUT2D eigenvalue weighted by Gasteiger charge is -2.36. The van der Waals surface area contributed by atoms with Crippen LogP contribution in [-0.2, 0) is 4.74 Å². The van der Waals surface area contributed by atoms with E-state index in [9.17, 15) is 0 Å². The molecule has 3 heteroatoms. The van der Waals surface area contributed by atoms with Crippen LogP contribution in [0.5, 0.6) is 0 Å². The third-order valence-electron chi connectivity index (χ3n) is 4.41. The molecule has 1 aliphatic rings. The number of rotatable bonds is 12. The van der Waals surface area contributed by atoms with Gasteiger partial charge >= 0.3 is 0 Å². The molecule has 0 aromatic rings. The molecule has 1 N–H and O–H groups in total. The van der Waals surface area contributed by atoms with E-state index in [-0.39, 0.29) is 0 Å². The van der Waals surface area contributed by atoms with Crippen LogP contribution in [0.1, 0.15) is 72.1 Å². The second kappa shape index (κ2) is 12.4. The van der Waals surface area contributed by atoms with Crippen LogP contribution in [0.3, 0.4) is 0 Å². The molecular weight excluding hydrogens is 260 g/mol. The van der Waals surface area contributed by atoms with Gasteiger partial charge in [-0.25, -0.2) is 0 Å². The Morgan fingerprint density at radius 1 is 1.05 bits per heavy atom. The first kappa shape index (κ1) is 18.9. The molecule has 0 aliphatic carbocycles. The lowest BCUT2D eigenvalue weighted by atomic mass is 10.1. The Morgan fingerprint density at radius 2 is 1.71 bits per heavy atom. The maximum absolute atomic E-state index is 5.65. The monoisotopic (exact) mass is 298 g/mol. The quantitative estimate of drug-likeness (QED) is 0.554. The topological polar surface area (TPSA) is 24.5 Å². The lowest BCUT2D eigenvalue weighted by Crippen LogP contribution is -2.51. The van der Waals surface area contributed by atoms with Gasteiger partial charge in [0.25, 0.3) is 0 Å². The summed E-state index contributed by atoms with van der Waals surface area (Å²) in [6, 6.07) is 1.14. The zero-order valence-electron chi connectivity index (χ0n) is 14.7. The number of unbranched alkanes of at least 4 members (excludes halogenated alkanes) is 7. The predicted octanol–water partition coefficient (Wildman–Crippen LogP) is 3.83. The minimum absolute atomic E-state index is 0.567. The van der Waals surface area contributed by atoms with Crippen LogP contribution in [0, 0.1) is 0 Å². The van der Waals surface area contributed by atoms with E-state index < -0.39 is 0 Å². The smallest absolute Gasteiger partial charge is 0.0634 e. The third kappa shape index (κ3) is 9.49. The molecule has 0 radical (unpaired) electrons. The fourth-order valence-corrected chi connectivity index (χ4v) is 2.99. The minimum Gasteiger partial charge on any atom is -0.378 e. The van der Waals surface area contributed by atoms with E-state index >= 15 is 0 Å². The van der Waals surface area contributed by atoms with Crippen LogP contribution in [0.15, 0.2) is 0 Å². The maximum Gasteiger partial charge on any atom is 0.0634 e. The van der Waals surface area contributed by atoms with Crippen molar-refractivity contribution in [2.75, 3.05) is 32.8 Å². The Labute approximate surface area is 132 Å². The summed E-state index contributed by atoms with van der Waals surface area (Å²) in [5.74, 6) is 0. The van der Waals surface area contributed by atoms with Crippen molar-refractivity contribution in [2.45, 2.75) is 84.2 Å². The molecule has 0 bridgehead atoms. The van der Waals surface area contributed by atoms with Gasteiger partial charge in [-0.15, -0.1) is 0 Å². The van der Waals surface area contributed by atoms with Crippen LogP contribution < -0.4 is 5.32 Å². The first-order valence-corrected chi connectivity index (χ1v) is 9.29. The average molecular weight is 299 g/mol. The van der Waals surface area contributed by atoms with Gasteiger partial charge in [-0.2, -0.15) is 0 Å². The molecule has 1 unspecified atom stereocenters. The predicted molar refractivity (Wildman–Crippen MR) is 91.9 cm³/mol. The van der Waals surface area contributed by atoms with Crippen molar-refractivity contribution in [3.63, 3.8) is 0 Å². The summed E-state index contributed by atoms with van der Waals surface area (Å²) in [4.78, 5) is 2.63. The first-order valence-electron chi connectivity index (χ1n) is 9.29. The van der Waals surface area contributed by atoms with Crippen LogP contribution in [0.25, 0.3) is 0 Å². The summed E-state index contributed by atoms with van der Waals surface area (Å²) in [6.07, 6.45) is 11.2. The molecule has 0 saturated carbocycles. The highest BCUT2D eigenvalue weighted by atomic mass is 16.5. The highest BCUT2D eigenvalue weighted by Gasteiger charge is 2.22. The van der Waals surface area contributed by atoms with E-state index in [0.717, 1.165) is 26.3 Å². The largest absolute Gasteiger partial charge is 0.378 e. The summed E-state index contributed by atoms with van der Waals surface area (Å²) in [7, 11) is 0. The summed E-state index contributed by atoms with van der Waals surface area (Å²) in [5.41, 5.74) is 0. The molecule has 21 heavy (non-hydrogen) atoms. The minimum atomic E-state index is 0.567. The van der Waals surface area contributed by atoms with E-state index in [1.807, 2.05) is 0 Å². The molecule has 1 fully saturated rings. The fourth-order valence-electron chi connectivity index (χ4n) is 2.99. The van der Waals surface area contributed by atoms with Gasteiger partial charge in [0.2, 0.25) is 0 Å². The Morgan fingerprint density at radius 3 is 2.38 bits per heavy atom. The second-order valence-electron chi connectivity index (χ2n) is 6.80. The van der Waals surface area contributed by atoms with E-state index in [2.05, 4.69) is 31.0 Å². The molecule has 1 saturated heterocycles. The Bertz CT molecular complexity index is 233. The first-order chi connectivity index (χ1) is 10.2. The number of nitrogens with one attached hydrogen (secondary N) is 1. The van der Waals surface area contributed by atoms with Crippen molar-refractivity contribution in [1.82, 2.24) is 10.2 Å². The molecule has 0 aromatic heterocycles. The van der Waals surface area contributed by atoms with Crippen LogP contribution in [0.2, 0.25) is 0 Å². The Kier molecular flexibility index (Phi) is 11.2. The van der Waals surface area contributed by atoms with Crippen molar-refractivity contribution in [1.29, 1.82) is 0 Å². The van der Waals surface area contributed by atoms with Crippen molar-refractivity contribution in [3.05, 3.63) is 0 Å². The van der Waals surface area contributed by atoms with Crippen molar-refractivity contribution >= 4 is 0 Å². The van der Waals surface area contributed by atoms with Crippen molar-refractivity contribution in [3.8, 4) is 0 Å². The number of hydrogen-bond donors (Lipinski definition) is 1. The Hall–Kier alpha value is -0.120. The summed E-state index contributed by atoms with van der Waals surface area (Å²) >= 11 is 0. The summed E-state index contributed by atoms with van der Waals surface area (Å²) < 4.78 is 5.65. The van der Waals surface area contributed by atoms with Gasteiger partial charge in [0.15, 0.2) is 0 Å². The van der Waals surface area contributed by atoms with E-state index in [1.165, 1.54) is 57.9 Å². The van der Waals surface area contributed by atoms with E-state index in [1.54, 1.807) is 0 Å². The lowest BCUT2D eigenvalue weighted by molar-refractivity contribution is -0.00797. The highest BCUT2D eigenvalue weighted by Crippen LogP contribution is 2.11. The maximum atomic E-state index is 5.65. The molecule has 1 aliphatic heterocycles. The molecule has 1 heterocycles. The number of ether oxygens (including phenoxy) is 1. The van der Waals surface area contributed by atoms with Crippen molar-refractivity contribution < 1.29 is 4.74 Å². The van der Waals surface area contributed by atoms with Crippen LogP contribution >= 0.6 is 0 Å². The molecular formula is C18H38N2O. The summed E-state index contributed by atoms with van der Waals surface area (Å²) in [5, 5.41) is 3.55. The van der Waals surface area contributed by atoms with Gasteiger partial charge in [-0.05, 0) is 13.0 Å². The molecule has 126 valence electrons. The van der Waals surface area contributed by atoms with E-state index in [0.29, 0.717) is 12.1 Å². The van der Waals surface area contributed by atoms with Gasteiger partial charge in [-0.3, -0.25) is 4.90 Å². The second-order valence-corrected chi connectivity index (χ2v) is 6.80. The van der Waals surface area contributed by atoms with Gasteiger partial charge in [0.1, 0.15) is 0 Å². The van der Waals surface area contributed by atoms with Gasteiger partial charge in [-0.1, -0.05) is 65.7 Å². The molecule has 0 aromatic carbocycles. The van der Waals surface area contributed by atoms with Gasteiger partial charge < -0.3 is 10.1 Å². The van der Waals surface area contributed by atoms with Crippen LogP contribution in [-0.4, -0.2) is 49.8 Å². The highest BCUT2D eigenvalue weighted by molar-refractivity contribution is 4.78. The zero-order valence-corrected chi connectivity index (χ0v) is 14.7. The molecule has 1 atom stereocenters. The Balaban J connectivity index is 2.05. The standard InChI is InChI=1S/C18H38N2O/c1-4-5-6-7-8-9-10-11-12-20-13-14-21-16-18(20)15-19-17(2)3/h17-19H,4-16H2,1-3H3. The van der Waals surface area contributed by atoms with Gasteiger partial charge in [0.05, 0.1) is 13.2 Å². The number of nitrogens with zero attached hydrogens (tertiary/aromatic N) is 1. The number of morpholine rings is 1. The average Bonchev–Trinajstić information content (AvgIpc) is 2.48. The molecule has 1 rings (SSSR count). The van der Waals surface area contributed by atoms with Crippen molar-refractivity contribution in [2.24, 2.45) is 0 Å². The van der Waals surface area contributed by atoms with Gasteiger partial charge in [0, 0.05) is 25.2 Å².